The van der Waals surface area contributed by atoms with Crippen LogP contribution in [0.15, 0.2) is 12.1 Å². The molecular formula is C11H12Cl2N2. The lowest BCUT2D eigenvalue weighted by molar-refractivity contribution is 0.785. The van der Waals surface area contributed by atoms with E-state index in [1.165, 1.54) is 0 Å². The van der Waals surface area contributed by atoms with Crippen LogP contribution in [0.4, 0.5) is 0 Å². The molecule has 2 nitrogen and oxygen atoms in total. The number of aryl methyl sites for hydroxylation is 1. The van der Waals surface area contributed by atoms with Crippen molar-refractivity contribution in [3.8, 4) is 0 Å². The predicted octanol–water partition coefficient (Wildman–Crippen LogP) is 3.80. The summed E-state index contributed by atoms with van der Waals surface area (Å²) in [6.07, 6.45) is 0. The molecule has 0 radical (unpaired) electrons. The smallest absolute Gasteiger partial charge is 0.0517 e. The third-order valence-electron chi connectivity index (χ3n) is 2.56. The Morgan fingerprint density at radius 2 is 2.00 bits per heavy atom. The zero-order valence-corrected chi connectivity index (χ0v) is 10.1. The molecule has 2 rings (SSSR count). The van der Waals surface area contributed by atoms with Crippen LogP contribution in [0.3, 0.4) is 0 Å². The molecule has 1 atom stereocenters. The summed E-state index contributed by atoms with van der Waals surface area (Å²) < 4.78 is 0. The molecule has 3 N–H and O–H groups in total. The first-order chi connectivity index (χ1) is 7.00. The molecule has 0 fully saturated rings. The lowest BCUT2D eigenvalue weighted by Gasteiger charge is -2.03. The van der Waals surface area contributed by atoms with E-state index in [9.17, 15) is 0 Å². The van der Waals surface area contributed by atoms with Gasteiger partial charge in [0.25, 0.3) is 0 Å². The van der Waals surface area contributed by atoms with Crippen molar-refractivity contribution in [1.29, 1.82) is 0 Å². The minimum atomic E-state index is -0.0350. The average Bonchev–Trinajstić information content (AvgIpc) is 2.42. The van der Waals surface area contributed by atoms with Gasteiger partial charge in [0.1, 0.15) is 0 Å². The number of halogens is 2. The van der Waals surface area contributed by atoms with Gasteiger partial charge in [0, 0.05) is 27.7 Å². The molecule has 80 valence electrons. The van der Waals surface area contributed by atoms with Crippen molar-refractivity contribution < 1.29 is 0 Å². The summed E-state index contributed by atoms with van der Waals surface area (Å²) in [5.41, 5.74) is 8.91. The molecule has 1 heterocycles. The predicted molar refractivity (Wildman–Crippen MR) is 65.7 cm³/mol. The van der Waals surface area contributed by atoms with Gasteiger partial charge >= 0.3 is 0 Å². The Kier molecular flexibility index (Phi) is 2.67. The maximum absolute atomic E-state index is 6.14. The Hall–Kier alpha value is -0.700. The van der Waals surface area contributed by atoms with Crippen molar-refractivity contribution in [3.05, 3.63) is 33.4 Å². The van der Waals surface area contributed by atoms with Gasteiger partial charge in [-0.25, -0.2) is 0 Å². The number of aromatic nitrogens is 1. The standard InChI is InChI=1S/C11H12Cl2N2/c1-5-10-8(13)3-7(12)4-9(10)15-11(5)6(2)14/h3-4,6,15H,14H2,1-2H3. The molecule has 2 aromatic rings. The van der Waals surface area contributed by atoms with Crippen molar-refractivity contribution in [2.45, 2.75) is 19.9 Å². The highest BCUT2D eigenvalue weighted by molar-refractivity contribution is 6.38. The molecule has 0 aliphatic heterocycles. The molecule has 1 unspecified atom stereocenters. The van der Waals surface area contributed by atoms with Crippen LogP contribution < -0.4 is 5.73 Å². The number of aromatic amines is 1. The van der Waals surface area contributed by atoms with Gasteiger partial charge in [-0.15, -0.1) is 0 Å². The number of nitrogens with two attached hydrogens (primary N) is 1. The minimum absolute atomic E-state index is 0.0350. The Morgan fingerprint density at radius 1 is 1.33 bits per heavy atom. The molecule has 0 aliphatic rings. The van der Waals surface area contributed by atoms with Crippen LogP contribution in [0.2, 0.25) is 10.0 Å². The van der Waals surface area contributed by atoms with Crippen molar-refractivity contribution in [2.24, 2.45) is 5.73 Å². The normalized spacial score (nSPS) is 13.4. The molecule has 0 aliphatic carbocycles. The number of nitrogens with one attached hydrogen (secondary N) is 1. The number of fused-ring (bicyclic) bond motifs is 1. The van der Waals surface area contributed by atoms with Crippen molar-refractivity contribution in [3.63, 3.8) is 0 Å². The maximum atomic E-state index is 6.14. The van der Waals surface area contributed by atoms with E-state index >= 15 is 0 Å². The second-order valence-corrected chi connectivity index (χ2v) is 4.61. The fraction of sp³-hybridized carbons (Fsp3) is 0.273. The first-order valence-electron chi connectivity index (χ1n) is 4.73. The van der Waals surface area contributed by atoms with Gasteiger partial charge in [-0.2, -0.15) is 0 Å². The van der Waals surface area contributed by atoms with Crippen LogP contribution >= 0.6 is 23.2 Å². The van der Waals surface area contributed by atoms with E-state index < -0.39 is 0 Å². The summed E-state index contributed by atoms with van der Waals surface area (Å²) in [5, 5.41) is 2.30. The molecule has 4 heteroatoms. The molecule has 1 aromatic carbocycles. The molecule has 0 saturated heterocycles. The molecule has 1 aromatic heterocycles. The lowest BCUT2D eigenvalue weighted by Crippen LogP contribution is -2.06. The molecule has 0 bridgehead atoms. The van der Waals surface area contributed by atoms with Gasteiger partial charge in [-0.3, -0.25) is 0 Å². The third kappa shape index (κ3) is 1.73. The van der Waals surface area contributed by atoms with Crippen molar-refractivity contribution in [1.82, 2.24) is 4.98 Å². The molecular weight excluding hydrogens is 231 g/mol. The quantitative estimate of drug-likeness (QED) is 0.785. The summed E-state index contributed by atoms with van der Waals surface area (Å²) in [7, 11) is 0. The fourth-order valence-corrected chi connectivity index (χ4v) is 2.52. The Labute approximate surface area is 98.4 Å². The van der Waals surface area contributed by atoms with Crippen LogP contribution in [-0.4, -0.2) is 4.98 Å². The van der Waals surface area contributed by atoms with E-state index in [-0.39, 0.29) is 6.04 Å². The van der Waals surface area contributed by atoms with E-state index in [1.807, 2.05) is 19.9 Å². The monoisotopic (exact) mass is 242 g/mol. The summed E-state index contributed by atoms with van der Waals surface area (Å²) in [5.74, 6) is 0. The highest BCUT2D eigenvalue weighted by Gasteiger charge is 2.13. The van der Waals surface area contributed by atoms with Crippen molar-refractivity contribution >= 4 is 34.1 Å². The first kappa shape index (κ1) is 10.8. The zero-order chi connectivity index (χ0) is 11.2. The number of hydrogen-bond acceptors (Lipinski definition) is 1. The Bertz CT molecular complexity index is 515. The number of rotatable bonds is 1. The highest BCUT2D eigenvalue weighted by Crippen LogP contribution is 2.33. The maximum Gasteiger partial charge on any atom is 0.0517 e. The minimum Gasteiger partial charge on any atom is -0.357 e. The van der Waals surface area contributed by atoms with Crippen LogP contribution in [0.1, 0.15) is 24.2 Å². The number of benzene rings is 1. The van der Waals surface area contributed by atoms with Gasteiger partial charge < -0.3 is 10.7 Å². The van der Waals surface area contributed by atoms with Gasteiger partial charge in [0.05, 0.1) is 5.02 Å². The SMILES string of the molecule is Cc1c(C(C)N)[nH]c2cc(Cl)cc(Cl)c12. The molecule has 15 heavy (non-hydrogen) atoms. The van der Waals surface area contributed by atoms with Gasteiger partial charge in [-0.05, 0) is 31.5 Å². The molecule has 0 spiro atoms. The van der Waals surface area contributed by atoms with E-state index in [1.54, 1.807) is 6.07 Å². The molecule has 0 saturated carbocycles. The van der Waals surface area contributed by atoms with Gasteiger partial charge in [-0.1, -0.05) is 23.2 Å². The average molecular weight is 243 g/mol. The summed E-state index contributed by atoms with van der Waals surface area (Å²) >= 11 is 12.1. The molecule has 0 amide bonds. The van der Waals surface area contributed by atoms with Crippen LogP contribution in [-0.2, 0) is 0 Å². The summed E-state index contributed by atoms with van der Waals surface area (Å²) in [4.78, 5) is 3.25. The second-order valence-electron chi connectivity index (χ2n) is 3.76. The van der Waals surface area contributed by atoms with Gasteiger partial charge in [0.2, 0.25) is 0 Å². The Balaban J connectivity index is 2.82. The second kappa shape index (κ2) is 3.71. The van der Waals surface area contributed by atoms with E-state index in [4.69, 9.17) is 28.9 Å². The highest BCUT2D eigenvalue weighted by atomic mass is 35.5. The van der Waals surface area contributed by atoms with E-state index in [0.29, 0.717) is 10.0 Å². The van der Waals surface area contributed by atoms with Crippen molar-refractivity contribution in [2.75, 3.05) is 0 Å². The van der Waals surface area contributed by atoms with Crippen LogP contribution in [0, 0.1) is 6.92 Å². The van der Waals surface area contributed by atoms with E-state index in [2.05, 4.69) is 4.98 Å². The van der Waals surface area contributed by atoms with Crippen LogP contribution in [0.5, 0.6) is 0 Å². The van der Waals surface area contributed by atoms with Crippen LogP contribution in [0.25, 0.3) is 10.9 Å². The third-order valence-corrected chi connectivity index (χ3v) is 3.07. The van der Waals surface area contributed by atoms with Gasteiger partial charge in [0.15, 0.2) is 0 Å². The lowest BCUT2D eigenvalue weighted by atomic mass is 10.1. The summed E-state index contributed by atoms with van der Waals surface area (Å²) in [6, 6.07) is 3.58. The number of H-pyrrole nitrogens is 1. The topological polar surface area (TPSA) is 41.8 Å². The fourth-order valence-electron chi connectivity index (χ4n) is 1.88. The Morgan fingerprint density at radius 3 is 2.60 bits per heavy atom. The number of hydrogen-bond donors (Lipinski definition) is 2. The van der Waals surface area contributed by atoms with E-state index in [0.717, 1.165) is 22.2 Å². The zero-order valence-electron chi connectivity index (χ0n) is 8.57. The first-order valence-corrected chi connectivity index (χ1v) is 5.49. The summed E-state index contributed by atoms with van der Waals surface area (Å²) in [6.45, 7) is 3.95. The largest absolute Gasteiger partial charge is 0.357 e.